The molecular weight excluding hydrogens is 362 g/mol. The number of carboxylic acid groups (broad SMARTS) is 1. The highest BCUT2D eigenvalue weighted by Crippen LogP contribution is 2.27. The van der Waals surface area contributed by atoms with Crippen LogP contribution in [0.1, 0.15) is 30.0 Å². The molecule has 5 nitrogen and oxygen atoms in total. The topological polar surface area (TPSA) is 58.4 Å². The van der Waals surface area contributed by atoms with E-state index in [-0.39, 0.29) is 5.92 Å². The summed E-state index contributed by atoms with van der Waals surface area (Å²) in [5.74, 6) is -0.954. The monoisotopic (exact) mass is 389 g/mol. The van der Waals surface area contributed by atoms with Crippen LogP contribution in [0.2, 0.25) is 0 Å². The lowest BCUT2D eigenvalue weighted by Gasteiger charge is -2.15. The molecule has 1 unspecified atom stereocenters. The second-order valence-corrected chi connectivity index (χ2v) is 7.80. The molecule has 1 aliphatic rings. The van der Waals surface area contributed by atoms with Gasteiger partial charge in [-0.1, -0.05) is 61.5 Å². The molecule has 0 spiro atoms. The number of aryl methyl sites for hydroxylation is 1. The van der Waals surface area contributed by atoms with E-state index in [1.54, 1.807) is 0 Å². The number of aromatic nitrogens is 2. The van der Waals surface area contributed by atoms with Gasteiger partial charge in [-0.05, 0) is 30.5 Å². The molecule has 0 amide bonds. The van der Waals surface area contributed by atoms with E-state index in [9.17, 15) is 9.90 Å². The smallest absolute Gasteiger partial charge is 0.307 e. The summed E-state index contributed by atoms with van der Waals surface area (Å²) in [4.78, 5) is 13.5. The van der Waals surface area contributed by atoms with Gasteiger partial charge in [0, 0.05) is 30.4 Å². The Balaban J connectivity index is 1.61. The summed E-state index contributed by atoms with van der Waals surface area (Å²) in [6, 6.07) is 18.9. The van der Waals surface area contributed by atoms with Gasteiger partial charge in [0.15, 0.2) is 0 Å². The number of rotatable bonds is 7. The van der Waals surface area contributed by atoms with E-state index in [1.165, 1.54) is 11.1 Å². The number of aliphatic carboxylic acids is 1. The molecule has 1 atom stereocenters. The summed E-state index contributed by atoms with van der Waals surface area (Å²) in [5.41, 5.74) is 5.76. The van der Waals surface area contributed by atoms with Crippen LogP contribution < -0.4 is 0 Å². The Hall–Kier alpha value is -2.92. The summed E-state index contributed by atoms with van der Waals surface area (Å²) < 4.78 is 2.00. The maximum atomic E-state index is 11.3. The molecule has 1 aliphatic heterocycles. The van der Waals surface area contributed by atoms with Crippen molar-refractivity contribution in [2.75, 3.05) is 13.1 Å². The molecular formula is C24H27N3O2. The number of likely N-dealkylation sites (tertiary alicyclic amines) is 1. The fourth-order valence-electron chi connectivity index (χ4n) is 3.99. The van der Waals surface area contributed by atoms with Crippen molar-refractivity contribution in [3.05, 3.63) is 77.5 Å². The molecule has 0 aliphatic carbocycles. The Morgan fingerprint density at radius 3 is 2.48 bits per heavy atom. The first-order valence-electron chi connectivity index (χ1n) is 10.3. The van der Waals surface area contributed by atoms with Gasteiger partial charge in [-0.15, -0.1) is 0 Å². The number of hydrogen-bond donors (Lipinski definition) is 1. The maximum Gasteiger partial charge on any atom is 0.307 e. The Morgan fingerprint density at radius 1 is 1.07 bits per heavy atom. The fourth-order valence-corrected chi connectivity index (χ4v) is 3.99. The Bertz CT molecular complexity index is 964. The molecule has 0 radical (unpaired) electrons. The first kappa shape index (κ1) is 19.4. The van der Waals surface area contributed by atoms with Crippen molar-refractivity contribution in [1.82, 2.24) is 14.7 Å². The quantitative estimate of drug-likeness (QED) is 0.662. The van der Waals surface area contributed by atoms with Crippen LogP contribution in [0.4, 0.5) is 0 Å². The fraction of sp³-hybridized carbons (Fsp3) is 0.333. The predicted octanol–water partition coefficient (Wildman–Crippen LogP) is 4.07. The van der Waals surface area contributed by atoms with Crippen molar-refractivity contribution in [2.45, 2.75) is 32.9 Å². The van der Waals surface area contributed by atoms with Crippen LogP contribution in [0.5, 0.6) is 0 Å². The first-order valence-corrected chi connectivity index (χ1v) is 10.3. The zero-order chi connectivity index (χ0) is 20.2. The van der Waals surface area contributed by atoms with E-state index in [0.29, 0.717) is 13.0 Å². The van der Waals surface area contributed by atoms with Gasteiger partial charge in [-0.2, -0.15) is 5.10 Å². The highest BCUT2D eigenvalue weighted by molar-refractivity contribution is 5.70. The molecule has 1 fully saturated rings. The normalized spacial score (nSPS) is 16.9. The molecule has 1 aromatic heterocycles. The van der Waals surface area contributed by atoms with Crippen LogP contribution in [0, 0.1) is 5.92 Å². The second kappa shape index (κ2) is 8.62. The third-order valence-corrected chi connectivity index (χ3v) is 5.68. The largest absolute Gasteiger partial charge is 0.481 e. The van der Waals surface area contributed by atoms with Gasteiger partial charge in [0.05, 0.1) is 18.2 Å². The standard InChI is InChI=1S/C24H27N3O2/c1-2-18-8-10-20(11-9-18)23-22(16-26-13-12-21(15-26)24(28)29)17-27(25-23)14-19-6-4-3-5-7-19/h3-11,17,21H,2,12-16H2,1H3,(H,28,29). The average molecular weight is 389 g/mol. The Morgan fingerprint density at radius 2 is 1.83 bits per heavy atom. The second-order valence-electron chi connectivity index (χ2n) is 7.80. The molecule has 0 saturated carbocycles. The minimum absolute atomic E-state index is 0.262. The highest BCUT2D eigenvalue weighted by Gasteiger charge is 2.28. The summed E-state index contributed by atoms with van der Waals surface area (Å²) in [6.07, 6.45) is 3.85. The maximum absolute atomic E-state index is 11.3. The van der Waals surface area contributed by atoms with Gasteiger partial charge in [-0.25, -0.2) is 0 Å². The highest BCUT2D eigenvalue weighted by atomic mass is 16.4. The lowest BCUT2D eigenvalue weighted by molar-refractivity contribution is -0.141. The van der Waals surface area contributed by atoms with Crippen molar-refractivity contribution in [2.24, 2.45) is 5.92 Å². The summed E-state index contributed by atoms with van der Waals surface area (Å²) >= 11 is 0. The van der Waals surface area contributed by atoms with E-state index in [0.717, 1.165) is 42.9 Å². The van der Waals surface area contributed by atoms with E-state index in [1.807, 2.05) is 22.9 Å². The van der Waals surface area contributed by atoms with E-state index in [4.69, 9.17) is 5.10 Å². The Kier molecular flexibility index (Phi) is 5.76. The molecule has 150 valence electrons. The molecule has 29 heavy (non-hydrogen) atoms. The molecule has 2 aromatic carbocycles. The van der Waals surface area contributed by atoms with Crippen molar-refractivity contribution >= 4 is 5.97 Å². The summed E-state index contributed by atoms with van der Waals surface area (Å²) in [6.45, 7) is 5.02. The minimum Gasteiger partial charge on any atom is -0.481 e. The first-order chi connectivity index (χ1) is 14.1. The van der Waals surface area contributed by atoms with Crippen LogP contribution in [0.3, 0.4) is 0 Å². The van der Waals surface area contributed by atoms with Crippen molar-refractivity contribution < 1.29 is 9.90 Å². The lowest BCUT2D eigenvalue weighted by Crippen LogP contribution is -2.22. The molecule has 1 saturated heterocycles. The molecule has 5 heteroatoms. The van der Waals surface area contributed by atoms with Gasteiger partial charge in [0.1, 0.15) is 0 Å². The van der Waals surface area contributed by atoms with Gasteiger partial charge < -0.3 is 5.11 Å². The average Bonchev–Trinajstić information content (AvgIpc) is 3.36. The van der Waals surface area contributed by atoms with Gasteiger partial charge in [-0.3, -0.25) is 14.4 Å². The third kappa shape index (κ3) is 4.57. The van der Waals surface area contributed by atoms with Gasteiger partial charge in [0.2, 0.25) is 0 Å². The molecule has 4 rings (SSSR count). The predicted molar refractivity (Wildman–Crippen MR) is 114 cm³/mol. The number of carbonyl (C=O) groups is 1. The van der Waals surface area contributed by atoms with Crippen molar-refractivity contribution in [3.8, 4) is 11.3 Å². The van der Waals surface area contributed by atoms with Crippen LogP contribution in [-0.4, -0.2) is 38.8 Å². The summed E-state index contributed by atoms with van der Waals surface area (Å²) in [5, 5.41) is 14.2. The van der Waals surface area contributed by atoms with Crippen LogP contribution in [0.15, 0.2) is 60.8 Å². The van der Waals surface area contributed by atoms with Crippen LogP contribution in [-0.2, 0) is 24.3 Å². The minimum atomic E-state index is -0.692. The molecule has 1 N–H and O–H groups in total. The lowest BCUT2D eigenvalue weighted by atomic mass is 10.0. The number of benzene rings is 2. The zero-order valence-corrected chi connectivity index (χ0v) is 16.8. The Labute approximate surface area is 171 Å². The third-order valence-electron chi connectivity index (χ3n) is 5.68. The van der Waals surface area contributed by atoms with Crippen molar-refractivity contribution in [3.63, 3.8) is 0 Å². The zero-order valence-electron chi connectivity index (χ0n) is 16.8. The summed E-state index contributed by atoms with van der Waals surface area (Å²) in [7, 11) is 0. The SMILES string of the molecule is CCc1ccc(-c2nn(Cc3ccccc3)cc2CN2CCC(C(=O)O)C2)cc1. The number of nitrogens with zero attached hydrogens (tertiary/aromatic N) is 3. The number of hydrogen-bond acceptors (Lipinski definition) is 3. The molecule has 3 aromatic rings. The van der Waals surface area contributed by atoms with Crippen LogP contribution in [0.25, 0.3) is 11.3 Å². The molecule has 2 heterocycles. The van der Waals surface area contributed by atoms with E-state index < -0.39 is 5.97 Å². The van der Waals surface area contributed by atoms with Gasteiger partial charge >= 0.3 is 5.97 Å². The van der Waals surface area contributed by atoms with Crippen LogP contribution >= 0.6 is 0 Å². The molecule has 0 bridgehead atoms. The van der Waals surface area contributed by atoms with E-state index in [2.05, 4.69) is 54.4 Å². The van der Waals surface area contributed by atoms with Gasteiger partial charge in [0.25, 0.3) is 0 Å². The number of carboxylic acids is 1. The van der Waals surface area contributed by atoms with Crippen molar-refractivity contribution in [1.29, 1.82) is 0 Å². The van der Waals surface area contributed by atoms with E-state index >= 15 is 0 Å².